The molecule has 4 rings (SSSR count). The van der Waals surface area contributed by atoms with Gasteiger partial charge >= 0.3 is 0 Å². The number of hydrogen-bond donors (Lipinski definition) is 0. The Balaban J connectivity index is 1.32. The van der Waals surface area contributed by atoms with Gasteiger partial charge in [-0.1, -0.05) is 41.9 Å². The van der Waals surface area contributed by atoms with Crippen LogP contribution in [0.5, 0.6) is 0 Å². The van der Waals surface area contributed by atoms with E-state index < -0.39 is 0 Å². The zero-order valence-corrected chi connectivity index (χ0v) is 16.0. The molecule has 0 radical (unpaired) electrons. The molecule has 7 heteroatoms. The molecular weight excluding hydrogens is 366 g/mol. The monoisotopic (exact) mass is 385 g/mol. The van der Waals surface area contributed by atoms with E-state index in [9.17, 15) is 0 Å². The Kier molecular flexibility index (Phi) is 5.43. The van der Waals surface area contributed by atoms with Crippen molar-refractivity contribution >= 4 is 28.3 Å². The molecule has 0 saturated carbocycles. The van der Waals surface area contributed by atoms with Crippen LogP contribution in [0.15, 0.2) is 48.8 Å². The lowest BCUT2D eigenvalue weighted by molar-refractivity contribution is 0.261. The molecule has 1 aromatic carbocycles. The molecule has 0 atom stereocenters. The number of nitrogens with zero attached hydrogens (tertiary/aromatic N) is 5. The largest absolute Gasteiger partial charge is 0.344 e. The highest BCUT2D eigenvalue weighted by Crippen LogP contribution is 2.25. The summed E-state index contributed by atoms with van der Waals surface area (Å²) in [6.07, 6.45) is 4.47. The molecule has 0 N–H and O–H groups in total. The molecule has 0 unspecified atom stereocenters. The Labute approximate surface area is 162 Å². The maximum absolute atomic E-state index is 6.01. The number of piperazine rings is 1. The van der Waals surface area contributed by atoms with Crippen LogP contribution >= 0.6 is 23.1 Å². The van der Waals surface area contributed by atoms with E-state index in [-0.39, 0.29) is 0 Å². The highest BCUT2D eigenvalue weighted by Gasteiger charge is 2.20. The summed E-state index contributed by atoms with van der Waals surface area (Å²) in [7, 11) is 0. The maximum atomic E-state index is 6.01. The summed E-state index contributed by atoms with van der Waals surface area (Å²) >= 11 is 7.45. The third-order valence-corrected chi connectivity index (χ3v) is 5.56. The van der Waals surface area contributed by atoms with Crippen molar-refractivity contribution < 1.29 is 0 Å². The lowest BCUT2D eigenvalue weighted by atomic mass is 10.1. The van der Waals surface area contributed by atoms with Gasteiger partial charge < -0.3 is 4.90 Å². The van der Waals surface area contributed by atoms with Crippen molar-refractivity contribution in [2.45, 2.75) is 6.42 Å². The molecule has 0 amide bonds. The van der Waals surface area contributed by atoms with Crippen molar-refractivity contribution in [3.8, 4) is 11.4 Å². The van der Waals surface area contributed by atoms with Gasteiger partial charge in [-0.25, -0.2) is 0 Å². The minimum absolute atomic E-state index is 0.603. The normalized spacial score (nSPS) is 15.3. The van der Waals surface area contributed by atoms with Crippen molar-refractivity contribution in [2.75, 3.05) is 37.6 Å². The van der Waals surface area contributed by atoms with Crippen molar-refractivity contribution in [2.24, 2.45) is 0 Å². The van der Waals surface area contributed by atoms with Crippen LogP contribution in [0.25, 0.3) is 11.4 Å². The quantitative estimate of drug-likeness (QED) is 0.671. The van der Waals surface area contributed by atoms with Gasteiger partial charge in [0.15, 0.2) is 5.82 Å². The number of benzene rings is 1. The number of aromatic nitrogens is 3. The number of anilines is 1. The molecule has 1 fully saturated rings. The third-order valence-electron chi connectivity index (χ3n) is 4.58. The average Bonchev–Trinajstić information content (AvgIpc) is 3.18. The number of pyridine rings is 1. The molecule has 3 heterocycles. The van der Waals surface area contributed by atoms with E-state index in [4.69, 9.17) is 11.6 Å². The highest BCUT2D eigenvalue weighted by molar-refractivity contribution is 7.09. The molecule has 2 aromatic heterocycles. The minimum atomic E-state index is 0.603. The topological polar surface area (TPSA) is 45.2 Å². The summed E-state index contributed by atoms with van der Waals surface area (Å²) in [4.78, 5) is 13.6. The molecule has 0 aliphatic carbocycles. The van der Waals surface area contributed by atoms with Crippen LogP contribution in [-0.2, 0) is 6.42 Å². The van der Waals surface area contributed by atoms with Crippen molar-refractivity contribution in [3.05, 3.63) is 59.4 Å². The maximum Gasteiger partial charge on any atom is 0.205 e. The molecule has 5 nitrogen and oxygen atoms in total. The number of rotatable bonds is 5. The van der Waals surface area contributed by atoms with Crippen molar-refractivity contribution in [1.29, 1.82) is 0 Å². The van der Waals surface area contributed by atoms with Gasteiger partial charge in [0.2, 0.25) is 5.13 Å². The summed E-state index contributed by atoms with van der Waals surface area (Å²) in [5, 5.41) is 1.58. The number of halogens is 1. The predicted molar refractivity (Wildman–Crippen MR) is 107 cm³/mol. The van der Waals surface area contributed by atoms with E-state index in [0.717, 1.165) is 49.8 Å². The van der Waals surface area contributed by atoms with E-state index in [1.54, 1.807) is 12.4 Å². The smallest absolute Gasteiger partial charge is 0.205 e. The fourth-order valence-electron chi connectivity index (χ4n) is 3.09. The van der Waals surface area contributed by atoms with Gasteiger partial charge in [-0.05, 0) is 18.1 Å². The van der Waals surface area contributed by atoms with E-state index in [0.29, 0.717) is 10.8 Å². The van der Waals surface area contributed by atoms with Gasteiger partial charge in [0.25, 0.3) is 0 Å². The van der Waals surface area contributed by atoms with E-state index in [1.165, 1.54) is 17.1 Å². The van der Waals surface area contributed by atoms with Crippen molar-refractivity contribution in [1.82, 2.24) is 19.2 Å². The predicted octanol–water partition coefficient (Wildman–Crippen LogP) is 3.62. The fraction of sp³-hybridized carbons (Fsp3) is 0.316. The minimum Gasteiger partial charge on any atom is -0.344 e. The second-order valence-electron chi connectivity index (χ2n) is 6.36. The molecular formula is C19H20ClN5S. The second-order valence-corrected chi connectivity index (χ2v) is 7.52. The molecule has 1 aliphatic rings. The van der Waals surface area contributed by atoms with Crippen molar-refractivity contribution in [3.63, 3.8) is 0 Å². The lowest BCUT2D eigenvalue weighted by Gasteiger charge is -2.34. The Morgan fingerprint density at radius 1 is 1.04 bits per heavy atom. The molecule has 0 spiro atoms. The summed E-state index contributed by atoms with van der Waals surface area (Å²) in [5.41, 5.74) is 2.26. The van der Waals surface area contributed by atoms with Crippen LogP contribution in [-0.4, -0.2) is 52.0 Å². The molecule has 1 aliphatic heterocycles. The Morgan fingerprint density at radius 3 is 2.62 bits per heavy atom. The number of hydrogen-bond acceptors (Lipinski definition) is 6. The molecule has 134 valence electrons. The zero-order chi connectivity index (χ0) is 17.8. The Morgan fingerprint density at radius 2 is 1.85 bits per heavy atom. The Bertz CT molecular complexity index is 846. The fourth-order valence-corrected chi connectivity index (χ4v) is 4.00. The van der Waals surface area contributed by atoms with Gasteiger partial charge in [-0.3, -0.25) is 9.88 Å². The zero-order valence-electron chi connectivity index (χ0n) is 14.4. The van der Waals surface area contributed by atoms with Crippen LogP contribution in [0.3, 0.4) is 0 Å². The molecule has 26 heavy (non-hydrogen) atoms. The summed E-state index contributed by atoms with van der Waals surface area (Å²) in [6.45, 7) is 5.18. The van der Waals surface area contributed by atoms with E-state index in [1.807, 2.05) is 6.07 Å². The van der Waals surface area contributed by atoms with Gasteiger partial charge in [-0.15, -0.1) is 0 Å². The first-order valence-electron chi connectivity index (χ1n) is 8.74. The summed E-state index contributed by atoms with van der Waals surface area (Å²) < 4.78 is 4.47. The first kappa shape index (κ1) is 17.4. The van der Waals surface area contributed by atoms with Crippen LogP contribution in [0.4, 0.5) is 5.13 Å². The van der Waals surface area contributed by atoms with Crippen LogP contribution in [0.2, 0.25) is 5.02 Å². The first-order chi connectivity index (χ1) is 12.8. The summed E-state index contributed by atoms with van der Waals surface area (Å²) in [6, 6.07) is 12.5. The standard InChI is InChI=1S/C19H20ClN5S/c20-17-12-16(13-21-14-17)18-22-19(26-23-18)25-10-8-24(9-11-25)7-6-15-4-2-1-3-5-15/h1-5,12-14H,6-11H2. The first-order valence-corrected chi connectivity index (χ1v) is 9.89. The molecule has 1 saturated heterocycles. The van der Waals surface area contributed by atoms with Crippen LogP contribution in [0, 0.1) is 0 Å². The third kappa shape index (κ3) is 4.20. The highest BCUT2D eigenvalue weighted by atomic mass is 35.5. The second kappa shape index (κ2) is 8.12. The molecule has 0 bridgehead atoms. The van der Waals surface area contributed by atoms with Crippen LogP contribution < -0.4 is 4.90 Å². The van der Waals surface area contributed by atoms with Gasteiger partial charge in [0, 0.05) is 62.2 Å². The Hall–Kier alpha value is -2.02. The van der Waals surface area contributed by atoms with Gasteiger partial charge in [-0.2, -0.15) is 9.36 Å². The van der Waals surface area contributed by atoms with Gasteiger partial charge in [0.1, 0.15) is 0 Å². The average molecular weight is 386 g/mol. The lowest BCUT2D eigenvalue weighted by Crippen LogP contribution is -2.47. The van der Waals surface area contributed by atoms with E-state index >= 15 is 0 Å². The molecule has 3 aromatic rings. The van der Waals surface area contributed by atoms with Gasteiger partial charge in [0.05, 0.1) is 5.02 Å². The SMILES string of the molecule is Clc1cncc(-c2nsc(N3CCN(CCc4ccccc4)CC3)n2)c1. The van der Waals surface area contributed by atoms with Crippen LogP contribution in [0.1, 0.15) is 5.56 Å². The summed E-state index contributed by atoms with van der Waals surface area (Å²) in [5.74, 6) is 0.700. The van der Waals surface area contributed by atoms with E-state index in [2.05, 4.69) is 54.5 Å².